The number of carbonyl (C=O) groups excluding carboxylic acids is 1. The Morgan fingerprint density at radius 2 is 0.805 bits per heavy atom. The van der Waals surface area contributed by atoms with Crippen molar-refractivity contribution in [3.63, 3.8) is 0 Å². The molecule has 0 aliphatic rings. The van der Waals surface area contributed by atoms with Crippen LogP contribution in [0, 0.1) is 0 Å². The van der Waals surface area contributed by atoms with Crippen molar-refractivity contribution in [2.45, 2.75) is 181 Å². The summed E-state index contributed by atoms with van der Waals surface area (Å²) in [5.74, 6) is 0. The normalized spacial score (nSPS) is 12.0. The first-order valence-electron chi connectivity index (χ1n) is 17.7. The Kier molecular flexibility index (Phi) is 34.5. The van der Waals surface area contributed by atoms with Gasteiger partial charge in [0.25, 0.3) is 0 Å². The molecule has 0 bridgehead atoms. The molecule has 0 rings (SSSR count). The maximum Gasteiger partial charge on any atom is 0.227 e. The molecule has 41 heavy (non-hydrogen) atoms. The SMILES string of the molecule is CCCCC/C=C\C/C=C\CCCCCCCCC(CCCCCCCC/C=C\C/C=C\CCCCC)=NNC=O. The Morgan fingerprint density at radius 3 is 1.17 bits per heavy atom. The van der Waals surface area contributed by atoms with Crippen molar-refractivity contribution in [1.29, 1.82) is 0 Å². The van der Waals surface area contributed by atoms with Gasteiger partial charge in [0.05, 0.1) is 0 Å². The largest absolute Gasteiger partial charge is 0.277 e. The quantitative estimate of drug-likeness (QED) is 0.0283. The summed E-state index contributed by atoms with van der Waals surface area (Å²) in [5.41, 5.74) is 3.72. The van der Waals surface area contributed by atoms with Crippen LogP contribution in [0.1, 0.15) is 181 Å². The van der Waals surface area contributed by atoms with Crippen molar-refractivity contribution in [3.8, 4) is 0 Å². The predicted octanol–water partition coefficient (Wildman–Crippen LogP) is 12.5. The summed E-state index contributed by atoms with van der Waals surface area (Å²) in [4.78, 5) is 10.7. The van der Waals surface area contributed by atoms with Crippen LogP contribution in [0.2, 0.25) is 0 Å². The second kappa shape index (κ2) is 36.1. The number of carbonyl (C=O) groups is 1. The smallest absolute Gasteiger partial charge is 0.227 e. The molecule has 0 saturated heterocycles. The highest BCUT2D eigenvalue weighted by atomic mass is 16.1. The van der Waals surface area contributed by atoms with Gasteiger partial charge in [0.1, 0.15) is 0 Å². The zero-order valence-electron chi connectivity index (χ0n) is 27.4. The van der Waals surface area contributed by atoms with Gasteiger partial charge >= 0.3 is 0 Å². The van der Waals surface area contributed by atoms with E-state index in [1.807, 2.05) is 0 Å². The third-order valence-electron chi connectivity index (χ3n) is 7.61. The first-order chi connectivity index (χ1) is 20.3. The molecular weight excluding hydrogens is 500 g/mol. The fraction of sp³-hybridized carbons (Fsp3) is 0.737. The zero-order chi connectivity index (χ0) is 29.7. The fourth-order valence-corrected chi connectivity index (χ4v) is 4.99. The summed E-state index contributed by atoms with van der Waals surface area (Å²) in [6.45, 7) is 4.52. The average Bonchev–Trinajstić information content (AvgIpc) is 2.98. The lowest BCUT2D eigenvalue weighted by molar-refractivity contribution is -0.109. The van der Waals surface area contributed by atoms with Crippen LogP contribution in [-0.4, -0.2) is 12.1 Å². The number of hydrogen-bond acceptors (Lipinski definition) is 2. The highest BCUT2D eigenvalue weighted by Crippen LogP contribution is 2.14. The van der Waals surface area contributed by atoms with E-state index in [4.69, 9.17) is 0 Å². The van der Waals surface area contributed by atoms with E-state index in [0.29, 0.717) is 6.41 Å². The molecule has 0 fully saturated rings. The standard InChI is InChI=1S/C38H68N2O/c1-3-5-7-9-11-13-15-17-19-21-23-25-27-29-31-33-35-38(40-39-37-41)36-34-32-30-28-26-24-22-20-18-16-14-12-10-8-6-4-2/h11-14,17-20,37H,3-10,15-16,21-36H2,1-2H3,(H,39,41)/b13-11-,14-12-,19-17-,20-18-. The lowest BCUT2D eigenvalue weighted by atomic mass is 10.0. The molecule has 0 atom stereocenters. The predicted molar refractivity (Wildman–Crippen MR) is 185 cm³/mol. The summed E-state index contributed by atoms with van der Waals surface area (Å²) in [6, 6.07) is 0. The molecule has 0 saturated carbocycles. The van der Waals surface area contributed by atoms with Crippen LogP contribution in [0.4, 0.5) is 0 Å². The number of nitrogens with one attached hydrogen (secondary N) is 1. The molecule has 0 spiro atoms. The average molecular weight is 569 g/mol. The molecule has 0 heterocycles. The second-order valence-electron chi connectivity index (χ2n) is 11.6. The minimum absolute atomic E-state index is 0.691. The van der Waals surface area contributed by atoms with Crippen LogP contribution in [0.15, 0.2) is 53.7 Å². The summed E-state index contributed by atoms with van der Waals surface area (Å²) in [6.07, 6.45) is 51.9. The van der Waals surface area contributed by atoms with E-state index in [1.165, 1.54) is 147 Å². The topological polar surface area (TPSA) is 41.5 Å². The van der Waals surface area contributed by atoms with Gasteiger partial charge in [-0.2, -0.15) is 5.10 Å². The van der Waals surface area contributed by atoms with Crippen molar-refractivity contribution in [1.82, 2.24) is 5.43 Å². The molecule has 0 aromatic rings. The Hall–Kier alpha value is -1.90. The summed E-state index contributed by atoms with van der Waals surface area (Å²) < 4.78 is 0. The van der Waals surface area contributed by atoms with E-state index in [2.05, 4.69) is 73.0 Å². The molecular formula is C38H68N2O. The minimum Gasteiger partial charge on any atom is -0.277 e. The maximum absolute atomic E-state index is 10.7. The highest BCUT2D eigenvalue weighted by molar-refractivity contribution is 5.84. The molecule has 0 unspecified atom stereocenters. The Labute approximate surface area is 256 Å². The minimum atomic E-state index is 0.691. The number of unbranched alkanes of at least 4 members (excludes halogenated alkanes) is 18. The third kappa shape index (κ3) is 34.2. The van der Waals surface area contributed by atoms with Gasteiger partial charge in [0, 0.05) is 5.71 Å². The van der Waals surface area contributed by atoms with Crippen LogP contribution < -0.4 is 5.43 Å². The molecule has 3 nitrogen and oxygen atoms in total. The van der Waals surface area contributed by atoms with Crippen LogP contribution in [-0.2, 0) is 4.79 Å². The van der Waals surface area contributed by atoms with Crippen molar-refractivity contribution in [2.75, 3.05) is 0 Å². The molecule has 3 heteroatoms. The van der Waals surface area contributed by atoms with E-state index in [9.17, 15) is 4.79 Å². The monoisotopic (exact) mass is 569 g/mol. The van der Waals surface area contributed by atoms with Gasteiger partial charge < -0.3 is 0 Å². The van der Waals surface area contributed by atoms with E-state index >= 15 is 0 Å². The molecule has 236 valence electrons. The molecule has 1 N–H and O–H groups in total. The molecule has 0 aliphatic heterocycles. The lowest BCUT2D eigenvalue weighted by Crippen LogP contribution is -2.08. The first-order valence-corrected chi connectivity index (χ1v) is 17.7. The highest BCUT2D eigenvalue weighted by Gasteiger charge is 2.01. The molecule has 0 aromatic heterocycles. The second-order valence-corrected chi connectivity index (χ2v) is 11.6. The van der Waals surface area contributed by atoms with Crippen molar-refractivity contribution < 1.29 is 4.79 Å². The van der Waals surface area contributed by atoms with Gasteiger partial charge in [-0.3, -0.25) is 4.79 Å². The van der Waals surface area contributed by atoms with Crippen molar-refractivity contribution in [2.24, 2.45) is 5.10 Å². The van der Waals surface area contributed by atoms with Gasteiger partial charge in [0.2, 0.25) is 6.41 Å². The number of amides is 1. The van der Waals surface area contributed by atoms with Gasteiger partial charge in [-0.05, 0) is 89.9 Å². The molecule has 1 amide bonds. The van der Waals surface area contributed by atoms with Crippen LogP contribution in [0.25, 0.3) is 0 Å². The van der Waals surface area contributed by atoms with E-state index < -0.39 is 0 Å². The maximum atomic E-state index is 10.7. The summed E-state index contributed by atoms with van der Waals surface area (Å²) in [7, 11) is 0. The number of rotatable bonds is 32. The summed E-state index contributed by atoms with van der Waals surface area (Å²) in [5, 5.41) is 4.33. The number of allylic oxidation sites excluding steroid dienone is 8. The van der Waals surface area contributed by atoms with E-state index in [1.54, 1.807) is 0 Å². The van der Waals surface area contributed by atoms with Crippen molar-refractivity contribution in [3.05, 3.63) is 48.6 Å². The fourth-order valence-electron chi connectivity index (χ4n) is 4.99. The third-order valence-corrected chi connectivity index (χ3v) is 7.61. The zero-order valence-corrected chi connectivity index (χ0v) is 27.4. The summed E-state index contributed by atoms with van der Waals surface area (Å²) >= 11 is 0. The Bertz CT molecular complexity index is 624. The van der Waals surface area contributed by atoms with Crippen molar-refractivity contribution >= 4 is 12.1 Å². The Balaban J connectivity index is 3.64. The lowest BCUT2D eigenvalue weighted by Gasteiger charge is -2.07. The van der Waals surface area contributed by atoms with E-state index in [-0.39, 0.29) is 0 Å². The molecule has 0 aromatic carbocycles. The van der Waals surface area contributed by atoms with Crippen LogP contribution >= 0.6 is 0 Å². The van der Waals surface area contributed by atoms with Gasteiger partial charge in [0.15, 0.2) is 0 Å². The van der Waals surface area contributed by atoms with Gasteiger partial charge in [-0.25, -0.2) is 5.43 Å². The van der Waals surface area contributed by atoms with Gasteiger partial charge in [-0.1, -0.05) is 140 Å². The molecule has 0 radical (unpaired) electrons. The Morgan fingerprint density at radius 1 is 0.463 bits per heavy atom. The number of nitrogens with zero attached hydrogens (tertiary/aromatic N) is 1. The number of hydrazone groups is 1. The van der Waals surface area contributed by atoms with E-state index in [0.717, 1.165) is 25.7 Å². The number of hydrogen-bond donors (Lipinski definition) is 1. The molecule has 0 aliphatic carbocycles. The first kappa shape index (κ1) is 39.1. The van der Waals surface area contributed by atoms with Crippen LogP contribution in [0.3, 0.4) is 0 Å². The van der Waals surface area contributed by atoms with Crippen LogP contribution in [0.5, 0.6) is 0 Å². The van der Waals surface area contributed by atoms with Gasteiger partial charge in [-0.15, -0.1) is 0 Å².